The lowest BCUT2D eigenvalue weighted by molar-refractivity contribution is 1.34. The molecule has 1 N–H and O–H groups in total. The molecule has 3 heterocycles. The molecule has 3 nitrogen and oxygen atoms in total. The summed E-state index contributed by atoms with van der Waals surface area (Å²) in [7, 11) is 0. The van der Waals surface area contributed by atoms with Crippen LogP contribution in [0.1, 0.15) is 0 Å². The average molecular weight is 374 g/mol. The maximum atomic E-state index is 4.74. The van der Waals surface area contributed by atoms with Crippen LogP contribution in [0.15, 0.2) is 71.3 Å². The number of hydrogen-bond acceptors (Lipinski definition) is 2. The molecule has 0 saturated heterocycles. The summed E-state index contributed by atoms with van der Waals surface area (Å²) in [4.78, 5) is 12.7. The molecule has 0 atom stereocenters. The summed E-state index contributed by atoms with van der Waals surface area (Å²) >= 11 is 3.48. The number of aromatic amines is 1. The monoisotopic (exact) mass is 373 g/mol. The first-order chi connectivity index (χ1) is 11.8. The first-order valence-electron chi connectivity index (χ1n) is 7.72. The van der Waals surface area contributed by atoms with Crippen LogP contribution in [0, 0.1) is 0 Å². The molecular formula is C20H12BrN3. The highest BCUT2D eigenvalue weighted by Gasteiger charge is 2.10. The van der Waals surface area contributed by atoms with Crippen molar-refractivity contribution in [2.24, 2.45) is 0 Å². The van der Waals surface area contributed by atoms with Gasteiger partial charge in [0.25, 0.3) is 0 Å². The Morgan fingerprint density at radius 2 is 1.67 bits per heavy atom. The average Bonchev–Trinajstić information content (AvgIpc) is 3.01. The third-order valence-corrected chi connectivity index (χ3v) is 4.88. The van der Waals surface area contributed by atoms with Gasteiger partial charge in [-0.15, -0.1) is 0 Å². The van der Waals surface area contributed by atoms with Crippen LogP contribution in [-0.2, 0) is 0 Å². The second-order valence-corrected chi connectivity index (χ2v) is 6.71. The minimum absolute atomic E-state index is 0.794. The zero-order chi connectivity index (χ0) is 16.1. The van der Waals surface area contributed by atoms with Gasteiger partial charge in [-0.25, -0.2) is 9.97 Å². The van der Waals surface area contributed by atoms with Crippen molar-refractivity contribution in [2.75, 3.05) is 0 Å². The predicted octanol–water partition coefficient (Wildman–Crippen LogP) is 5.69. The highest BCUT2D eigenvalue weighted by molar-refractivity contribution is 9.10. The lowest BCUT2D eigenvalue weighted by Gasteiger charge is -2.06. The van der Waals surface area contributed by atoms with E-state index in [4.69, 9.17) is 4.98 Å². The number of rotatable bonds is 1. The van der Waals surface area contributed by atoms with Crippen LogP contribution < -0.4 is 0 Å². The number of H-pyrrole nitrogens is 1. The van der Waals surface area contributed by atoms with Crippen molar-refractivity contribution in [1.29, 1.82) is 0 Å². The molecule has 0 aliphatic heterocycles. The molecule has 2 aromatic carbocycles. The summed E-state index contributed by atoms with van der Waals surface area (Å²) in [5.74, 6) is 0. The molecule has 5 aromatic rings. The minimum Gasteiger partial charge on any atom is -0.353 e. The van der Waals surface area contributed by atoms with E-state index in [1.807, 2.05) is 18.2 Å². The van der Waals surface area contributed by atoms with E-state index in [1.165, 1.54) is 0 Å². The summed E-state index contributed by atoms with van der Waals surface area (Å²) < 4.78 is 1.07. The number of fused-ring (bicyclic) bond motifs is 5. The van der Waals surface area contributed by atoms with E-state index in [2.05, 4.69) is 68.4 Å². The van der Waals surface area contributed by atoms with Gasteiger partial charge in [0.05, 0.1) is 11.0 Å². The van der Waals surface area contributed by atoms with Crippen LogP contribution in [0.4, 0.5) is 0 Å². The molecular weight excluding hydrogens is 362 g/mol. The summed E-state index contributed by atoms with van der Waals surface area (Å²) in [5, 5.41) is 3.37. The van der Waals surface area contributed by atoms with Crippen molar-refractivity contribution in [3.63, 3.8) is 0 Å². The number of aromatic nitrogens is 3. The lowest BCUT2D eigenvalue weighted by atomic mass is 10.1. The molecule has 0 fully saturated rings. The topological polar surface area (TPSA) is 41.6 Å². The third-order valence-electron chi connectivity index (χ3n) is 4.35. The van der Waals surface area contributed by atoms with Crippen molar-refractivity contribution in [1.82, 2.24) is 15.0 Å². The normalized spacial score (nSPS) is 11.5. The Balaban J connectivity index is 1.83. The second-order valence-electron chi connectivity index (χ2n) is 5.79. The van der Waals surface area contributed by atoms with E-state index < -0.39 is 0 Å². The quantitative estimate of drug-likeness (QED) is 0.409. The number of benzene rings is 2. The van der Waals surface area contributed by atoms with Gasteiger partial charge in [0, 0.05) is 32.5 Å². The molecule has 0 spiro atoms. The largest absolute Gasteiger partial charge is 0.353 e. The van der Waals surface area contributed by atoms with Crippen molar-refractivity contribution in [2.45, 2.75) is 0 Å². The number of pyridine rings is 2. The fourth-order valence-electron chi connectivity index (χ4n) is 3.16. The summed E-state index contributed by atoms with van der Waals surface area (Å²) in [6.07, 6.45) is 1.79. The number of halogens is 1. The molecule has 0 unspecified atom stereocenters. The molecule has 0 saturated carbocycles. The third kappa shape index (κ3) is 2.03. The lowest BCUT2D eigenvalue weighted by Crippen LogP contribution is -1.86. The molecule has 0 amide bonds. The number of nitrogens with one attached hydrogen (secondary N) is 1. The Bertz CT molecular complexity index is 1210. The van der Waals surface area contributed by atoms with E-state index in [1.54, 1.807) is 6.20 Å². The van der Waals surface area contributed by atoms with Crippen LogP contribution in [0.2, 0.25) is 0 Å². The molecule has 3 aromatic heterocycles. The Kier molecular flexibility index (Phi) is 2.94. The molecule has 114 valence electrons. The Morgan fingerprint density at radius 1 is 0.833 bits per heavy atom. The van der Waals surface area contributed by atoms with Gasteiger partial charge >= 0.3 is 0 Å². The van der Waals surface area contributed by atoms with E-state index in [-0.39, 0.29) is 0 Å². The van der Waals surface area contributed by atoms with E-state index in [0.717, 1.165) is 48.6 Å². The van der Waals surface area contributed by atoms with Gasteiger partial charge in [0.15, 0.2) is 5.65 Å². The van der Waals surface area contributed by atoms with Gasteiger partial charge in [-0.2, -0.15) is 0 Å². The van der Waals surface area contributed by atoms with Crippen molar-refractivity contribution < 1.29 is 0 Å². The maximum Gasteiger partial charge on any atom is 0.160 e. The molecule has 0 aliphatic rings. The standard InChI is InChI=1S/C20H12BrN3/c21-14-7-3-12(4-8-14)17-10-6-13-5-9-15-16-2-1-11-22-20(16)24-19(15)18(13)23-17/h1-11,23H. The smallest absolute Gasteiger partial charge is 0.160 e. The highest BCUT2D eigenvalue weighted by atomic mass is 79.9. The molecule has 4 heteroatoms. The van der Waals surface area contributed by atoms with Crippen LogP contribution >= 0.6 is 15.9 Å². The number of hydrogen-bond donors (Lipinski definition) is 1. The van der Waals surface area contributed by atoms with Crippen LogP contribution in [0.3, 0.4) is 0 Å². The van der Waals surface area contributed by atoms with Crippen LogP contribution in [0.25, 0.3) is 44.1 Å². The highest BCUT2D eigenvalue weighted by Crippen LogP contribution is 2.31. The maximum absolute atomic E-state index is 4.74. The van der Waals surface area contributed by atoms with Crippen molar-refractivity contribution in [3.8, 4) is 11.3 Å². The molecule has 24 heavy (non-hydrogen) atoms. The zero-order valence-electron chi connectivity index (χ0n) is 12.6. The summed E-state index contributed by atoms with van der Waals surface area (Å²) in [6.45, 7) is 0. The Morgan fingerprint density at radius 3 is 2.54 bits per heavy atom. The van der Waals surface area contributed by atoms with Gasteiger partial charge in [0.2, 0.25) is 0 Å². The molecule has 0 bridgehead atoms. The van der Waals surface area contributed by atoms with E-state index >= 15 is 0 Å². The fourth-order valence-corrected chi connectivity index (χ4v) is 3.42. The van der Waals surface area contributed by atoms with Gasteiger partial charge in [-0.3, -0.25) is 0 Å². The molecule has 0 aliphatic carbocycles. The van der Waals surface area contributed by atoms with Crippen LogP contribution in [-0.4, -0.2) is 15.0 Å². The SMILES string of the molecule is Brc1ccc(-c2ccc3ccc4c5cccnc5nc4c3[nH]2)cc1. The van der Waals surface area contributed by atoms with E-state index in [9.17, 15) is 0 Å². The van der Waals surface area contributed by atoms with Crippen molar-refractivity contribution in [3.05, 3.63) is 71.3 Å². The minimum atomic E-state index is 0.794. The van der Waals surface area contributed by atoms with Gasteiger partial charge in [-0.05, 0) is 35.9 Å². The first kappa shape index (κ1) is 13.7. The second kappa shape index (κ2) is 5.14. The summed E-state index contributed by atoms with van der Waals surface area (Å²) in [6, 6.07) is 20.8. The van der Waals surface area contributed by atoms with Gasteiger partial charge in [0.1, 0.15) is 0 Å². The van der Waals surface area contributed by atoms with Crippen molar-refractivity contribution >= 4 is 48.8 Å². The Hall–Kier alpha value is -2.72. The molecule has 5 rings (SSSR count). The summed E-state index contributed by atoms with van der Waals surface area (Å²) in [5.41, 5.74) is 5.03. The van der Waals surface area contributed by atoms with Gasteiger partial charge < -0.3 is 4.98 Å². The Labute approximate surface area is 146 Å². The molecule has 0 radical (unpaired) electrons. The van der Waals surface area contributed by atoms with Gasteiger partial charge in [-0.1, -0.05) is 46.3 Å². The zero-order valence-corrected chi connectivity index (χ0v) is 14.2. The van der Waals surface area contributed by atoms with Crippen LogP contribution in [0.5, 0.6) is 0 Å². The number of nitrogens with zero attached hydrogens (tertiary/aromatic N) is 2. The predicted molar refractivity (Wildman–Crippen MR) is 102 cm³/mol. The first-order valence-corrected chi connectivity index (χ1v) is 8.51. The fraction of sp³-hybridized carbons (Fsp3) is 0. The van der Waals surface area contributed by atoms with E-state index in [0.29, 0.717) is 0 Å².